The highest BCUT2D eigenvalue weighted by Crippen LogP contribution is 2.35. The summed E-state index contributed by atoms with van der Waals surface area (Å²) in [5.41, 5.74) is 1.26. The van der Waals surface area contributed by atoms with Crippen molar-refractivity contribution in [3.63, 3.8) is 0 Å². The van der Waals surface area contributed by atoms with E-state index in [2.05, 4.69) is 22.3 Å². The number of carbonyl (C=O) groups excluding carboxylic acids is 3. The molecule has 0 radical (unpaired) electrons. The Kier molecular flexibility index (Phi) is 6.96. The van der Waals surface area contributed by atoms with Gasteiger partial charge in [0.15, 0.2) is 5.78 Å². The molecule has 0 spiro atoms. The summed E-state index contributed by atoms with van der Waals surface area (Å²) in [4.78, 5) is 43.6. The molecule has 8 nitrogen and oxygen atoms in total. The van der Waals surface area contributed by atoms with E-state index in [4.69, 9.17) is 9.47 Å². The first-order chi connectivity index (χ1) is 17.2. The van der Waals surface area contributed by atoms with Gasteiger partial charge in [-0.1, -0.05) is 32.9 Å². The van der Waals surface area contributed by atoms with E-state index < -0.39 is 23.6 Å². The van der Waals surface area contributed by atoms with E-state index in [-0.39, 0.29) is 36.9 Å². The Morgan fingerprint density at radius 1 is 1.08 bits per heavy atom. The number of nitrogens with zero attached hydrogens (tertiary/aromatic N) is 2. The van der Waals surface area contributed by atoms with Crippen molar-refractivity contribution < 1.29 is 23.9 Å². The molecule has 3 aliphatic heterocycles. The van der Waals surface area contributed by atoms with Gasteiger partial charge in [-0.3, -0.25) is 14.4 Å². The number of piperidine rings is 1. The summed E-state index contributed by atoms with van der Waals surface area (Å²) in [5, 5.41) is 2.97. The van der Waals surface area contributed by atoms with Crippen LogP contribution in [0.15, 0.2) is 24.3 Å². The molecule has 5 rings (SSSR count). The lowest BCUT2D eigenvalue weighted by Gasteiger charge is -2.35. The summed E-state index contributed by atoms with van der Waals surface area (Å²) >= 11 is 0. The summed E-state index contributed by atoms with van der Waals surface area (Å²) in [5.74, 6) is -0.149. The molecule has 1 aliphatic carbocycles. The Hall–Kier alpha value is -2.29. The number of amides is 2. The van der Waals surface area contributed by atoms with Gasteiger partial charge < -0.3 is 24.6 Å². The number of methoxy groups -OCH3 is 1. The van der Waals surface area contributed by atoms with Crippen molar-refractivity contribution in [1.82, 2.24) is 15.1 Å². The maximum atomic E-state index is 13.7. The first kappa shape index (κ1) is 25.4. The van der Waals surface area contributed by atoms with E-state index in [1.54, 1.807) is 12.0 Å². The highest BCUT2D eigenvalue weighted by Gasteiger charge is 2.54. The predicted molar refractivity (Wildman–Crippen MR) is 135 cm³/mol. The Balaban J connectivity index is 1.25. The molecule has 4 aliphatic rings. The molecule has 8 heteroatoms. The van der Waals surface area contributed by atoms with E-state index in [1.807, 2.05) is 32.9 Å². The Morgan fingerprint density at radius 2 is 1.75 bits per heavy atom. The highest BCUT2D eigenvalue weighted by molar-refractivity contribution is 5.99. The van der Waals surface area contributed by atoms with Gasteiger partial charge in [-0.2, -0.15) is 0 Å². The third-order valence-electron chi connectivity index (χ3n) is 8.35. The molecular formula is C28H39N3O5. The molecule has 3 saturated heterocycles. The van der Waals surface area contributed by atoms with Crippen LogP contribution in [0.25, 0.3) is 0 Å². The van der Waals surface area contributed by atoms with Gasteiger partial charge in [0.2, 0.25) is 5.91 Å². The van der Waals surface area contributed by atoms with Crippen molar-refractivity contribution in [2.75, 3.05) is 33.4 Å². The van der Waals surface area contributed by atoms with Crippen LogP contribution in [-0.2, 0) is 19.1 Å². The third kappa shape index (κ3) is 4.95. The average Bonchev–Trinajstić information content (AvgIpc) is 3.55. The molecule has 1 aromatic carbocycles. The Morgan fingerprint density at radius 3 is 2.33 bits per heavy atom. The van der Waals surface area contributed by atoms with E-state index in [9.17, 15) is 14.4 Å². The molecular weight excluding hydrogens is 458 g/mol. The molecule has 1 saturated carbocycles. The van der Waals surface area contributed by atoms with Gasteiger partial charge in [-0.25, -0.2) is 0 Å². The number of fused-ring (bicyclic) bond motifs is 1. The van der Waals surface area contributed by atoms with Crippen molar-refractivity contribution in [2.45, 2.75) is 82.7 Å². The number of hydrogen-bond acceptors (Lipinski definition) is 6. The largest absolute Gasteiger partial charge is 0.377 e. The van der Waals surface area contributed by atoms with Crippen LogP contribution in [-0.4, -0.2) is 91.1 Å². The number of ether oxygens (including phenoxy) is 2. The van der Waals surface area contributed by atoms with Crippen LogP contribution in [0.1, 0.15) is 68.3 Å². The standard InChI is InChI=1S/C28H39N3O5/c1-28(2,3)25(27(34)31-15-22(35-4)24-23(31)21(32)16-36-24)29-26(33)19-7-5-17(6-8-19)18-11-13-30(14-12-18)20-9-10-20/h5-8,18,20,22-25H,9-16H2,1-4H3,(H,29,33)/t22-,23+,24+,25?/m0/s1. The summed E-state index contributed by atoms with van der Waals surface area (Å²) in [6.45, 7) is 8.32. The number of carbonyl (C=O) groups is 3. The molecule has 196 valence electrons. The van der Waals surface area contributed by atoms with Crippen molar-refractivity contribution >= 4 is 17.6 Å². The monoisotopic (exact) mass is 497 g/mol. The molecule has 0 bridgehead atoms. The SMILES string of the molecule is CO[C@H]1CN(C(=O)C(NC(=O)c2ccc(C3CCN(C4CC4)CC3)cc2)C(C)(C)C)[C@@H]2C(=O)CO[C@H]12. The number of rotatable bonds is 6. The van der Waals surface area contributed by atoms with Crippen molar-refractivity contribution in [2.24, 2.45) is 5.41 Å². The topological polar surface area (TPSA) is 88.2 Å². The minimum absolute atomic E-state index is 0.0164. The number of ketones is 1. The average molecular weight is 498 g/mol. The number of Topliss-reactive ketones (excluding diaryl/α,β-unsaturated/α-hetero) is 1. The molecule has 4 atom stereocenters. The zero-order valence-corrected chi connectivity index (χ0v) is 21.9. The number of nitrogens with one attached hydrogen (secondary N) is 1. The van der Waals surface area contributed by atoms with Crippen LogP contribution in [0.4, 0.5) is 0 Å². The van der Waals surface area contributed by atoms with Gasteiger partial charge >= 0.3 is 0 Å². The number of hydrogen-bond donors (Lipinski definition) is 1. The van der Waals surface area contributed by atoms with Crippen LogP contribution in [0.3, 0.4) is 0 Å². The van der Waals surface area contributed by atoms with E-state index in [0.29, 0.717) is 11.5 Å². The fourth-order valence-corrected chi connectivity index (χ4v) is 6.02. The Labute approximate surface area is 213 Å². The summed E-state index contributed by atoms with van der Waals surface area (Å²) in [7, 11) is 1.56. The third-order valence-corrected chi connectivity index (χ3v) is 8.35. The molecule has 0 aromatic heterocycles. The second kappa shape index (κ2) is 9.88. The quantitative estimate of drug-likeness (QED) is 0.649. The van der Waals surface area contributed by atoms with Crippen LogP contribution in [0, 0.1) is 5.41 Å². The minimum atomic E-state index is -0.791. The maximum absolute atomic E-state index is 13.7. The van der Waals surface area contributed by atoms with Crippen LogP contribution >= 0.6 is 0 Å². The summed E-state index contributed by atoms with van der Waals surface area (Å²) in [6.07, 6.45) is 4.21. The second-order valence-corrected chi connectivity index (χ2v) is 11.9. The van der Waals surface area contributed by atoms with Crippen LogP contribution in [0.5, 0.6) is 0 Å². The molecule has 3 heterocycles. The minimum Gasteiger partial charge on any atom is -0.377 e. The number of benzene rings is 1. The molecule has 36 heavy (non-hydrogen) atoms. The van der Waals surface area contributed by atoms with Gasteiger partial charge in [0, 0.05) is 18.7 Å². The fourth-order valence-electron chi connectivity index (χ4n) is 6.02. The lowest BCUT2D eigenvalue weighted by Crippen LogP contribution is -2.57. The van der Waals surface area contributed by atoms with Gasteiger partial charge in [0.1, 0.15) is 30.9 Å². The number of likely N-dealkylation sites (tertiary alicyclic amines) is 2. The summed E-state index contributed by atoms with van der Waals surface area (Å²) in [6, 6.07) is 7.22. The maximum Gasteiger partial charge on any atom is 0.251 e. The van der Waals surface area contributed by atoms with Gasteiger partial charge in [-0.15, -0.1) is 0 Å². The molecule has 2 amide bonds. The van der Waals surface area contributed by atoms with Crippen molar-refractivity contribution in [3.05, 3.63) is 35.4 Å². The van der Waals surface area contributed by atoms with E-state index >= 15 is 0 Å². The highest BCUT2D eigenvalue weighted by atomic mass is 16.5. The first-order valence-electron chi connectivity index (χ1n) is 13.3. The summed E-state index contributed by atoms with van der Waals surface area (Å²) < 4.78 is 11.1. The Bertz CT molecular complexity index is 991. The van der Waals surface area contributed by atoms with Crippen LogP contribution in [0.2, 0.25) is 0 Å². The van der Waals surface area contributed by atoms with Crippen molar-refractivity contribution in [3.8, 4) is 0 Å². The smallest absolute Gasteiger partial charge is 0.251 e. The molecule has 4 fully saturated rings. The zero-order chi connectivity index (χ0) is 25.6. The predicted octanol–water partition coefficient (Wildman–Crippen LogP) is 2.37. The van der Waals surface area contributed by atoms with Crippen LogP contribution < -0.4 is 5.32 Å². The lowest BCUT2D eigenvalue weighted by molar-refractivity contribution is -0.140. The zero-order valence-electron chi connectivity index (χ0n) is 21.9. The van der Waals surface area contributed by atoms with Gasteiger partial charge in [0.25, 0.3) is 5.91 Å². The molecule has 1 unspecified atom stereocenters. The van der Waals surface area contributed by atoms with Crippen molar-refractivity contribution in [1.29, 1.82) is 0 Å². The fraction of sp³-hybridized carbons (Fsp3) is 0.679. The first-order valence-corrected chi connectivity index (χ1v) is 13.3. The van der Waals surface area contributed by atoms with Gasteiger partial charge in [-0.05, 0) is 67.8 Å². The normalized spacial score (nSPS) is 28.3. The lowest BCUT2D eigenvalue weighted by atomic mass is 9.85. The van der Waals surface area contributed by atoms with E-state index in [0.717, 1.165) is 32.0 Å². The van der Waals surface area contributed by atoms with E-state index in [1.165, 1.54) is 18.4 Å². The molecule has 1 N–H and O–H groups in total. The van der Waals surface area contributed by atoms with Gasteiger partial charge in [0.05, 0.1) is 6.54 Å². The molecule has 1 aromatic rings. The second-order valence-electron chi connectivity index (χ2n) is 11.9.